The highest BCUT2D eigenvalue weighted by Crippen LogP contribution is 2.30. The minimum absolute atomic E-state index is 0. The van der Waals surface area contributed by atoms with Crippen molar-refractivity contribution in [2.45, 2.75) is 6.42 Å². The van der Waals surface area contributed by atoms with Crippen LogP contribution < -0.4 is 10.2 Å². The lowest BCUT2D eigenvalue weighted by molar-refractivity contribution is -0.135. The number of likely N-dealkylation sites (tertiary alicyclic amines) is 1. The fraction of sp³-hybridized carbons (Fsp3) is 0.360. The summed E-state index contributed by atoms with van der Waals surface area (Å²) < 4.78 is 0. The summed E-state index contributed by atoms with van der Waals surface area (Å²) in [6.07, 6.45) is 2.67. The van der Waals surface area contributed by atoms with Gasteiger partial charge in [-0.25, -0.2) is 9.97 Å². The van der Waals surface area contributed by atoms with Gasteiger partial charge >= 0.3 is 0 Å². The predicted molar refractivity (Wildman–Crippen MR) is 146 cm³/mol. The second-order valence-corrected chi connectivity index (χ2v) is 10.2. The van der Waals surface area contributed by atoms with Crippen molar-refractivity contribution in [2.24, 2.45) is 5.92 Å². The number of hydrogen-bond acceptors (Lipinski definition) is 7. The minimum atomic E-state index is -0.312. The van der Waals surface area contributed by atoms with Gasteiger partial charge in [0.05, 0.1) is 23.5 Å². The maximum atomic E-state index is 12.8. The molecule has 0 aliphatic carbocycles. The highest BCUT2D eigenvalue weighted by atomic mass is 35.5. The molecule has 2 aliphatic heterocycles. The molecule has 2 aliphatic rings. The van der Waals surface area contributed by atoms with Gasteiger partial charge in [0, 0.05) is 48.7 Å². The fourth-order valence-electron chi connectivity index (χ4n) is 4.57. The molecule has 11 heteroatoms. The lowest BCUT2D eigenvalue weighted by Gasteiger charge is -2.37. The molecule has 0 saturated carbocycles. The third-order valence-corrected chi connectivity index (χ3v) is 7.64. The van der Waals surface area contributed by atoms with Crippen LogP contribution in [0.25, 0.3) is 11.3 Å². The van der Waals surface area contributed by atoms with Crippen LogP contribution in [0.3, 0.4) is 0 Å². The van der Waals surface area contributed by atoms with Crippen LogP contribution in [-0.2, 0) is 4.79 Å². The molecule has 0 spiro atoms. The highest BCUT2D eigenvalue weighted by molar-refractivity contribution is 7.14. The normalized spacial score (nSPS) is 18.1. The average Bonchev–Trinajstić information content (AvgIpc) is 3.53. The van der Waals surface area contributed by atoms with E-state index in [1.165, 1.54) is 11.3 Å². The summed E-state index contributed by atoms with van der Waals surface area (Å²) in [5, 5.41) is 5.79. The first-order valence-corrected chi connectivity index (χ1v) is 12.9. The number of hydrogen-bond donors (Lipinski definition) is 1. The number of benzene rings is 1. The molecule has 5 rings (SSSR count). The molecular weight excluding hydrogens is 519 g/mol. The summed E-state index contributed by atoms with van der Waals surface area (Å²) in [6.45, 7) is 4.77. The van der Waals surface area contributed by atoms with Crippen LogP contribution >= 0.6 is 35.3 Å². The zero-order chi connectivity index (χ0) is 24.4. The first kappa shape index (κ1) is 26.3. The van der Waals surface area contributed by atoms with Gasteiger partial charge in [-0.05, 0) is 38.2 Å². The molecule has 4 heterocycles. The van der Waals surface area contributed by atoms with Gasteiger partial charge in [0.25, 0.3) is 5.91 Å². The molecule has 8 nitrogen and oxygen atoms in total. The molecule has 190 valence electrons. The maximum absolute atomic E-state index is 12.8. The number of rotatable bonds is 5. The van der Waals surface area contributed by atoms with Gasteiger partial charge in [0.1, 0.15) is 5.69 Å². The van der Waals surface area contributed by atoms with E-state index in [9.17, 15) is 9.59 Å². The second-order valence-electron chi connectivity index (χ2n) is 8.93. The molecule has 1 aromatic carbocycles. The molecule has 2 fully saturated rings. The van der Waals surface area contributed by atoms with E-state index >= 15 is 0 Å². The Kier molecular flexibility index (Phi) is 8.46. The van der Waals surface area contributed by atoms with E-state index in [4.69, 9.17) is 11.6 Å². The standard InChI is InChI=1S/C25H27ClN6O2S.ClH/c1-30-9-8-17(15-30)24(34)32-12-10-31(11-13-32)18-6-7-21(27-14-18)23(33)29-25-28-22(16-35-25)19-4-2-3-5-20(19)26;/h2-7,14,16-17H,8-13,15H2,1H3,(H,28,29,33);1H. The Balaban J connectivity index is 0.00000304. The number of pyridine rings is 1. The number of halogens is 2. The van der Waals surface area contributed by atoms with Crippen molar-refractivity contribution in [3.8, 4) is 11.3 Å². The van der Waals surface area contributed by atoms with Gasteiger partial charge in [-0.15, -0.1) is 23.7 Å². The van der Waals surface area contributed by atoms with Crippen LogP contribution in [0.2, 0.25) is 5.02 Å². The number of piperazine rings is 1. The monoisotopic (exact) mass is 546 g/mol. The molecule has 2 aromatic heterocycles. The summed E-state index contributed by atoms with van der Waals surface area (Å²) in [5.41, 5.74) is 2.81. The van der Waals surface area contributed by atoms with Crippen molar-refractivity contribution in [2.75, 3.05) is 56.5 Å². The van der Waals surface area contributed by atoms with E-state index < -0.39 is 0 Å². The van der Waals surface area contributed by atoms with Crippen molar-refractivity contribution in [3.63, 3.8) is 0 Å². The topological polar surface area (TPSA) is 81.7 Å². The molecule has 3 aromatic rings. The number of carbonyl (C=O) groups excluding carboxylic acids is 2. The molecule has 1 unspecified atom stereocenters. The van der Waals surface area contributed by atoms with Crippen molar-refractivity contribution >= 4 is 58.0 Å². The number of aromatic nitrogens is 2. The van der Waals surface area contributed by atoms with Crippen LogP contribution in [-0.4, -0.2) is 77.9 Å². The third kappa shape index (κ3) is 5.81. The van der Waals surface area contributed by atoms with Crippen LogP contribution in [0.1, 0.15) is 16.9 Å². The molecular formula is C25H28Cl2N6O2S. The molecule has 0 bridgehead atoms. The summed E-state index contributed by atoms with van der Waals surface area (Å²) in [4.78, 5) is 40.7. The van der Waals surface area contributed by atoms with E-state index in [0.29, 0.717) is 28.9 Å². The van der Waals surface area contributed by atoms with E-state index in [-0.39, 0.29) is 30.1 Å². The quantitative estimate of drug-likeness (QED) is 0.518. The molecule has 0 radical (unpaired) electrons. The Morgan fingerprint density at radius 2 is 1.86 bits per heavy atom. The predicted octanol–water partition coefficient (Wildman–Crippen LogP) is 4.13. The van der Waals surface area contributed by atoms with E-state index in [0.717, 1.165) is 49.5 Å². The van der Waals surface area contributed by atoms with Crippen molar-refractivity contribution < 1.29 is 9.59 Å². The Hall–Kier alpha value is -2.72. The van der Waals surface area contributed by atoms with Gasteiger partial charge in [-0.2, -0.15) is 0 Å². The minimum Gasteiger partial charge on any atom is -0.367 e. The Labute approximate surface area is 225 Å². The molecule has 2 amide bonds. The smallest absolute Gasteiger partial charge is 0.276 e. The molecule has 2 saturated heterocycles. The summed E-state index contributed by atoms with van der Waals surface area (Å²) in [6, 6.07) is 11.1. The van der Waals surface area contributed by atoms with Crippen LogP contribution in [0, 0.1) is 5.92 Å². The van der Waals surface area contributed by atoms with Gasteiger partial charge in [0.15, 0.2) is 5.13 Å². The molecule has 36 heavy (non-hydrogen) atoms. The molecule has 1 N–H and O–H groups in total. The number of thiazole rings is 1. The van der Waals surface area contributed by atoms with Gasteiger partial charge in [-0.1, -0.05) is 29.8 Å². The van der Waals surface area contributed by atoms with Crippen molar-refractivity contribution in [3.05, 3.63) is 58.7 Å². The zero-order valence-electron chi connectivity index (χ0n) is 19.9. The lowest BCUT2D eigenvalue weighted by atomic mass is 10.1. The average molecular weight is 548 g/mol. The second kappa shape index (κ2) is 11.6. The van der Waals surface area contributed by atoms with Gasteiger partial charge < -0.3 is 14.7 Å². The first-order chi connectivity index (χ1) is 17.0. The zero-order valence-corrected chi connectivity index (χ0v) is 22.3. The number of nitrogens with one attached hydrogen (secondary N) is 1. The highest BCUT2D eigenvalue weighted by Gasteiger charge is 2.31. The third-order valence-electron chi connectivity index (χ3n) is 6.55. The summed E-state index contributed by atoms with van der Waals surface area (Å²) in [5.74, 6) is 0.0946. The Morgan fingerprint density at radius 3 is 2.53 bits per heavy atom. The van der Waals surface area contributed by atoms with Crippen molar-refractivity contribution in [1.82, 2.24) is 19.8 Å². The van der Waals surface area contributed by atoms with E-state index in [2.05, 4.69) is 32.1 Å². The van der Waals surface area contributed by atoms with Gasteiger partial charge in [-0.3, -0.25) is 14.9 Å². The van der Waals surface area contributed by atoms with E-state index in [1.807, 2.05) is 40.6 Å². The van der Waals surface area contributed by atoms with Crippen LogP contribution in [0.5, 0.6) is 0 Å². The largest absolute Gasteiger partial charge is 0.367 e. The number of carbonyl (C=O) groups is 2. The van der Waals surface area contributed by atoms with Crippen LogP contribution in [0.4, 0.5) is 10.8 Å². The number of nitrogens with zero attached hydrogens (tertiary/aromatic N) is 5. The number of amides is 2. The Bertz CT molecular complexity index is 1210. The lowest BCUT2D eigenvalue weighted by Crippen LogP contribution is -2.50. The fourth-order valence-corrected chi connectivity index (χ4v) is 5.51. The number of anilines is 2. The van der Waals surface area contributed by atoms with Gasteiger partial charge in [0.2, 0.25) is 5.91 Å². The van der Waals surface area contributed by atoms with E-state index in [1.54, 1.807) is 12.3 Å². The summed E-state index contributed by atoms with van der Waals surface area (Å²) in [7, 11) is 2.07. The first-order valence-electron chi connectivity index (χ1n) is 11.7. The van der Waals surface area contributed by atoms with Crippen LogP contribution in [0.15, 0.2) is 48.0 Å². The maximum Gasteiger partial charge on any atom is 0.276 e. The SMILES string of the molecule is CN1CCC(C(=O)N2CCN(c3ccc(C(=O)Nc4nc(-c5ccccc5Cl)cs4)nc3)CC2)C1.Cl. The molecule has 1 atom stereocenters. The van der Waals surface area contributed by atoms with Crippen molar-refractivity contribution in [1.29, 1.82) is 0 Å². The summed E-state index contributed by atoms with van der Waals surface area (Å²) >= 11 is 7.59. The Morgan fingerprint density at radius 1 is 1.08 bits per heavy atom.